The molecule has 0 bridgehead atoms. The van der Waals surface area contributed by atoms with Crippen molar-refractivity contribution in [3.8, 4) is 12.1 Å². The number of hydrogen-bond donors (Lipinski definition) is 0. The van der Waals surface area contributed by atoms with E-state index in [1.165, 1.54) is 62.5 Å². The van der Waals surface area contributed by atoms with E-state index in [4.69, 9.17) is 10.5 Å². The lowest BCUT2D eigenvalue weighted by atomic mass is 9.91. The van der Waals surface area contributed by atoms with Crippen LogP contribution in [0.15, 0.2) is 24.3 Å². The molecule has 0 N–H and O–H groups in total. The van der Waals surface area contributed by atoms with E-state index in [-0.39, 0.29) is 0 Å². The van der Waals surface area contributed by atoms with Crippen molar-refractivity contribution in [1.82, 2.24) is 0 Å². The first-order valence-corrected chi connectivity index (χ1v) is 10.0. The molecule has 0 saturated carbocycles. The van der Waals surface area contributed by atoms with Crippen LogP contribution in [-0.2, 0) is 12.8 Å². The van der Waals surface area contributed by atoms with E-state index in [2.05, 4.69) is 38.1 Å². The van der Waals surface area contributed by atoms with Crippen LogP contribution in [0.2, 0.25) is 0 Å². The van der Waals surface area contributed by atoms with Gasteiger partial charge in [-0.25, -0.2) is 0 Å². The molecule has 0 aliphatic heterocycles. The van der Waals surface area contributed by atoms with Gasteiger partial charge in [-0.1, -0.05) is 64.5 Å². The Morgan fingerprint density at radius 3 is 1.46 bits per heavy atom. The van der Waals surface area contributed by atoms with Crippen molar-refractivity contribution in [2.45, 2.75) is 78.1 Å². The molecule has 0 radical (unpaired) electrons. The quantitative estimate of drug-likeness (QED) is 0.301. The van der Waals surface area contributed by atoms with Gasteiger partial charge >= 0.3 is 0 Å². The highest BCUT2D eigenvalue weighted by molar-refractivity contribution is 5.64. The summed E-state index contributed by atoms with van der Waals surface area (Å²) in [4.78, 5) is 0. The zero-order valence-electron chi connectivity index (χ0n) is 16.4. The summed E-state index contributed by atoms with van der Waals surface area (Å²) in [7, 11) is 0. The second-order valence-electron chi connectivity index (χ2n) is 6.80. The molecule has 0 fully saturated rings. The fourth-order valence-electron chi connectivity index (χ4n) is 3.21. The highest BCUT2D eigenvalue weighted by Crippen LogP contribution is 2.24. The normalized spacial score (nSPS) is 11.1. The Balaban J connectivity index is 3.09. The highest BCUT2D eigenvalue weighted by atomic mass is 14.2. The van der Waals surface area contributed by atoms with E-state index in [9.17, 15) is 0 Å². The molecule has 0 aliphatic carbocycles. The summed E-state index contributed by atoms with van der Waals surface area (Å²) < 4.78 is 0. The lowest BCUT2D eigenvalue weighted by Crippen LogP contribution is -1.98. The zero-order chi connectivity index (χ0) is 19.0. The van der Waals surface area contributed by atoms with Gasteiger partial charge in [-0.2, -0.15) is 10.5 Å². The second-order valence-corrected chi connectivity index (χ2v) is 6.80. The summed E-state index contributed by atoms with van der Waals surface area (Å²) in [6, 6.07) is 8.68. The number of nitrogens with zero attached hydrogens (tertiary/aromatic N) is 2. The van der Waals surface area contributed by atoms with Gasteiger partial charge in [-0.05, 0) is 60.1 Å². The maximum Gasteiger partial charge on any atom is 0.0912 e. The number of hydrogen-bond acceptors (Lipinski definition) is 2. The van der Waals surface area contributed by atoms with E-state index in [1.54, 1.807) is 12.2 Å². The highest BCUT2D eigenvalue weighted by Gasteiger charge is 2.08. The fraction of sp³-hybridized carbons (Fsp3) is 0.500. The van der Waals surface area contributed by atoms with Crippen LogP contribution >= 0.6 is 0 Å². The fourth-order valence-corrected chi connectivity index (χ4v) is 3.21. The van der Waals surface area contributed by atoms with Crippen LogP contribution in [0.4, 0.5) is 0 Å². The first kappa shape index (κ1) is 21.7. The van der Waals surface area contributed by atoms with E-state index in [0.29, 0.717) is 0 Å². The maximum absolute atomic E-state index is 8.92. The van der Waals surface area contributed by atoms with Crippen LogP contribution in [-0.4, -0.2) is 0 Å². The topological polar surface area (TPSA) is 47.6 Å². The molecule has 0 spiro atoms. The van der Waals surface area contributed by atoms with Crippen LogP contribution in [0.5, 0.6) is 0 Å². The van der Waals surface area contributed by atoms with Gasteiger partial charge < -0.3 is 0 Å². The monoisotopic (exact) mass is 348 g/mol. The van der Waals surface area contributed by atoms with Gasteiger partial charge in [0.25, 0.3) is 0 Å². The van der Waals surface area contributed by atoms with E-state index in [1.807, 2.05) is 12.2 Å². The Hall–Kier alpha value is -2.32. The largest absolute Gasteiger partial charge is 0.193 e. The number of allylic oxidation sites excluding steroid dienone is 2. The Kier molecular flexibility index (Phi) is 11.6. The van der Waals surface area contributed by atoms with Crippen molar-refractivity contribution in [3.63, 3.8) is 0 Å². The van der Waals surface area contributed by atoms with Gasteiger partial charge in [0.2, 0.25) is 0 Å². The molecule has 0 heterocycles. The third-order valence-electron chi connectivity index (χ3n) is 4.68. The smallest absolute Gasteiger partial charge is 0.0912 e. The van der Waals surface area contributed by atoms with Crippen molar-refractivity contribution in [2.24, 2.45) is 0 Å². The van der Waals surface area contributed by atoms with Crippen LogP contribution in [0.1, 0.15) is 87.5 Å². The molecule has 2 heteroatoms. The molecule has 0 amide bonds. The Labute approximate surface area is 159 Å². The predicted octanol–water partition coefficient (Wildman–Crippen LogP) is 7.01. The zero-order valence-corrected chi connectivity index (χ0v) is 16.4. The lowest BCUT2D eigenvalue weighted by molar-refractivity contribution is 0.663. The van der Waals surface area contributed by atoms with Gasteiger partial charge in [-0.3, -0.25) is 0 Å². The van der Waals surface area contributed by atoms with Gasteiger partial charge in [-0.15, -0.1) is 0 Å². The first-order chi connectivity index (χ1) is 12.8. The first-order valence-electron chi connectivity index (χ1n) is 10.0. The molecule has 1 aromatic carbocycles. The average molecular weight is 349 g/mol. The van der Waals surface area contributed by atoms with Crippen molar-refractivity contribution in [1.29, 1.82) is 10.5 Å². The summed E-state index contributed by atoms with van der Waals surface area (Å²) in [6.45, 7) is 4.44. The third kappa shape index (κ3) is 8.17. The molecule has 0 aliphatic rings. The second kappa shape index (κ2) is 13.9. The Morgan fingerprint density at radius 2 is 1.12 bits per heavy atom. The summed E-state index contributed by atoms with van der Waals surface area (Å²) in [5.41, 5.74) is 4.87. The molecule has 2 nitrogen and oxygen atoms in total. The lowest BCUT2D eigenvalue weighted by Gasteiger charge is -2.13. The number of benzene rings is 1. The SMILES string of the molecule is CCCCCCc1cc(/C=C/C#N)c(CCCCCC)cc1/C=C/C#N. The minimum absolute atomic E-state index is 1.02. The molecule has 138 valence electrons. The van der Waals surface area contributed by atoms with Gasteiger partial charge in [0.15, 0.2) is 0 Å². The van der Waals surface area contributed by atoms with Crippen molar-refractivity contribution in [3.05, 3.63) is 46.5 Å². The summed E-state index contributed by atoms with van der Waals surface area (Å²) >= 11 is 0. The van der Waals surface area contributed by atoms with E-state index >= 15 is 0 Å². The van der Waals surface area contributed by atoms with Gasteiger partial charge in [0.1, 0.15) is 0 Å². The van der Waals surface area contributed by atoms with Crippen molar-refractivity contribution >= 4 is 12.2 Å². The number of unbranched alkanes of at least 4 members (excludes halogenated alkanes) is 6. The summed E-state index contributed by atoms with van der Waals surface area (Å²) in [5, 5.41) is 17.8. The molecule has 0 saturated heterocycles. The molecular formula is C24H32N2. The minimum Gasteiger partial charge on any atom is -0.193 e. The van der Waals surface area contributed by atoms with Crippen LogP contribution < -0.4 is 0 Å². The van der Waals surface area contributed by atoms with Crippen molar-refractivity contribution in [2.75, 3.05) is 0 Å². The maximum atomic E-state index is 8.92. The summed E-state index contributed by atoms with van der Waals surface area (Å²) in [6.07, 6.45) is 18.8. The van der Waals surface area contributed by atoms with Crippen LogP contribution in [0.25, 0.3) is 12.2 Å². The number of rotatable bonds is 12. The molecule has 26 heavy (non-hydrogen) atoms. The molecular weight excluding hydrogens is 316 g/mol. The van der Waals surface area contributed by atoms with Crippen molar-refractivity contribution < 1.29 is 0 Å². The standard InChI is InChI=1S/C24H32N2/c1-3-5-7-9-13-21-19-24(16-12-18-26)22(14-10-8-6-4-2)20-23(21)15-11-17-25/h11-12,15-16,19-20H,3-10,13-14H2,1-2H3/b15-11+,16-12+. The summed E-state index contributed by atoms with van der Waals surface area (Å²) in [5.74, 6) is 0. The predicted molar refractivity (Wildman–Crippen MR) is 111 cm³/mol. The average Bonchev–Trinajstić information content (AvgIpc) is 2.66. The minimum atomic E-state index is 1.02. The van der Waals surface area contributed by atoms with Gasteiger partial charge in [0, 0.05) is 12.2 Å². The number of aryl methyl sites for hydroxylation is 2. The van der Waals surface area contributed by atoms with Crippen LogP contribution in [0, 0.1) is 22.7 Å². The molecule has 1 rings (SSSR count). The number of nitriles is 2. The van der Waals surface area contributed by atoms with Gasteiger partial charge in [0.05, 0.1) is 12.1 Å². The Morgan fingerprint density at radius 1 is 0.692 bits per heavy atom. The Bertz CT molecular complexity index is 609. The van der Waals surface area contributed by atoms with Crippen LogP contribution in [0.3, 0.4) is 0 Å². The third-order valence-corrected chi connectivity index (χ3v) is 4.68. The van der Waals surface area contributed by atoms with E-state index in [0.717, 1.165) is 24.0 Å². The molecule has 0 atom stereocenters. The van der Waals surface area contributed by atoms with E-state index < -0.39 is 0 Å². The molecule has 0 unspecified atom stereocenters. The molecule has 0 aromatic heterocycles. The molecule has 1 aromatic rings.